The molecule has 0 aliphatic carbocycles. The summed E-state index contributed by atoms with van der Waals surface area (Å²) in [6.07, 6.45) is 1.87. The van der Waals surface area contributed by atoms with Gasteiger partial charge in [-0.25, -0.2) is 4.98 Å². The van der Waals surface area contributed by atoms with E-state index < -0.39 is 10.0 Å². The van der Waals surface area contributed by atoms with Crippen LogP contribution in [0.5, 0.6) is 5.75 Å². The third-order valence-electron chi connectivity index (χ3n) is 2.63. The molecular weight excluding hydrogens is 266 g/mol. The van der Waals surface area contributed by atoms with Crippen molar-refractivity contribution < 1.29 is 13.5 Å². The number of anilines is 1. The molecule has 0 saturated heterocycles. The number of aromatic amines is 1. The van der Waals surface area contributed by atoms with Crippen LogP contribution in [-0.4, -0.2) is 23.5 Å². The van der Waals surface area contributed by atoms with Crippen LogP contribution in [0.1, 0.15) is 18.3 Å². The van der Waals surface area contributed by atoms with E-state index in [9.17, 15) is 13.5 Å². The Morgan fingerprint density at radius 1 is 1.42 bits per heavy atom. The highest BCUT2D eigenvalue weighted by atomic mass is 32.2. The first-order chi connectivity index (χ1) is 8.92. The van der Waals surface area contributed by atoms with Gasteiger partial charge >= 0.3 is 0 Å². The minimum absolute atomic E-state index is 0.0229. The Bertz CT molecular complexity index is 692. The van der Waals surface area contributed by atoms with Gasteiger partial charge in [-0.2, -0.15) is 8.42 Å². The number of rotatable bonds is 4. The summed E-state index contributed by atoms with van der Waals surface area (Å²) >= 11 is 0. The van der Waals surface area contributed by atoms with E-state index in [0.29, 0.717) is 12.2 Å². The number of aryl methyl sites for hydroxylation is 2. The molecule has 7 heteroatoms. The fourth-order valence-corrected chi connectivity index (χ4v) is 2.60. The van der Waals surface area contributed by atoms with E-state index in [4.69, 9.17) is 0 Å². The molecule has 102 valence electrons. The molecule has 0 radical (unpaired) electrons. The zero-order chi connectivity index (χ0) is 14.0. The Labute approximate surface area is 111 Å². The van der Waals surface area contributed by atoms with Gasteiger partial charge in [-0.15, -0.1) is 0 Å². The molecule has 0 unspecified atom stereocenters. The van der Waals surface area contributed by atoms with Crippen molar-refractivity contribution in [2.75, 3.05) is 4.72 Å². The summed E-state index contributed by atoms with van der Waals surface area (Å²) in [4.78, 5) is 6.66. The molecule has 0 spiro atoms. The van der Waals surface area contributed by atoms with Gasteiger partial charge in [0.05, 0.1) is 11.9 Å². The van der Waals surface area contributed by atoms with Gasteiger partial charge in [-0.05, 0) is 24.6 Å². The van der Waals surface area contributed by atoms with Crippen LogP contribution in [0.4, 0.5) is 5.69 Å². The number of nitrogens with zero attached hydrogens (tertiary/aromatic N) is 1. The number of hydrogen-bond donors (Lipinski definition) is 3. The third-order valence-corrected chi connectivity index (χ3v) is 3.90. The molecule has 0 atom stereocenters. The van der Waals surface area contributed by atoms with E-state index >= 15 is 0 Å². The van der Waals surface area contributed by atoms with Crippen LogP contribution in [-0.2, 0) is 16.4 Å². The molecule has 6 nitrogen and oxygen atoms in total. The first-order valence-electron chi connectivity index (χ1n) is 5.78. The van der Waals surface area contributed by atoms with Gasteiger partial charge in [0, 0.05) is 6.42 Å². The molecule has 1 aromatic carbocycles. The zero-order valence-electron chi connectivity index (χ0n) is 10.6. The smallest absolute Gasteiger partial charge is 0.279 e. The molecule has 0 fully saturated rings. The predicted octanol–water partition coefficient (Wildman–Crippen LogP) is 1.79. The van der Waals surface area contributed by atoms with Gasteiger partial charge in [0.2, 0.25) is 0 Å². The van der Waals surface area contributed by atoms with Crippen molar-refractivity contribution in [3.63, 3.8) is 0 Å². The molecule has 0 bridgehead atoms. The summed E-state index contributed by atoms with van der Waals surface area (Å²) in [5.41, 5.74) is 0.988. The monoisotopic (exact) mass is 281 g/mol. The van der Waals surface area contributed by atoms with Crippen molar-refractivity contribution in [2.45, 2.75) is 25.3 Å². The van der Waals surface area contributed by atoms with Crippen LogP contribution < -0.4 is 4.72 Å². The number of phenolic OH excluding ortho intramolecular Hbond substituents is 1. The number of phenols is 1. The van der Waals surface area contributed by atoms with Crippen molar-refractivity contribution in [2.24, 2.45) is 0 Å². The van der Waals surface area contributed by atoms with Crippen molar-refractivity contribution in [3.05, 3.63) is 35.8 Å². The largest absolute Gasteiger partial charge is 0.506 e. The van der Waals surface area contributed by atoms with Crippen LogP contribution in [0.25, 0.3) is 0 Å². The van der Waals surface area contributed by atoms with Crippen LogP contribution in [0.2, 0.25) is 0 Å². The minimum atomic E-state index is -3.77. The number of aromatic hydroxyl groups is 1. The molecule has 0 saturated carbocycles. The SMILES string of the molecule is CCc1ncc(S(=O)(=O)Nc2cc(C)ccc2O)[nH]1. The van der Waals surface area contributed by atoms with Crippen molar-refractivity contribution in [1.82, 2.24) is 9.97 Å². The topological polar surface area (TPSA) is 95.1 Å². The lowest BCUT2D eigenvalue weighted by atomic mass is 10.2. The number of benzene rings is 1. The van der Waals surface area contributed by atoms with E-state index in [-0.39, 0.29) is 16.5 Å². The van der Waals surface area contributed by atoms with Crippen molar-refractivity contribution in [3.8, 4) is 5.75 Å². The van der Waals surface area contributed by atoms with Crippen molar-refractivity contribution >= 4 is 15.7 Å². The van der Waals surface area contributed by atoms with Gasteiger partial charge < -0.3 is 10.1 Å². The Morgan fingerprint density at radius 3 is 2.79 bits per heavy atom. The second-order valence-corrected chi connectivity index (χ2v) is 5.82. The van der Waals surface area contributed by atoms with Crippen LogP contribution in [0, 0.1) is 6.92 Å². The lowest BCUT2D eigenvalue weighted by Crippen LogP contribution is -2.13. The lowest BCUT2D eigenvalue weighted by molar-refractivity contribution is 0.477. The fourth-order valence-electron chi connectivity index (χ4n) is 1.59. The summed E-state index contributed by atoms with van der Waals surface area (Å²) in [5.74, 6) is 0.471. The number of nitrogens with one attached hydrogen (secondary N) is 2. The summed E-state index contributed by atoms with van der Waals surface area (Å²) in [6.45, 7) is 3.68. The summed E-state index contributed by atoms with van der Waals surface area (Å²) in [6, 6.07) is 4.69. The molecule has 2 rings (SSSR count). The first kappa shape index (κ1) is 13.4. The zero-order valence-corrected chi connectivity index (χ0v) is 11.5. The average molecular weight is 281 g/mol. The number of H-pyrrole nitrogens is 1. The van der Waals surface area contributed by atoms with E-state index in [2.05, 4.69) is 14.7 Å². The van der Waals surface area contributed by atoms with Gasteiger partial charge in [0.15, 0.2) is 5.03 Å². The molecule has 0 aliphatic heterocycles. The molecule has 3 N–H and O–H groups in total. The summed E-state index contributed by atoms with van der Waals surface area (Å²) in [5, 5.41) is 9.62. The maximum atomic E-state index is 12.1. The highest BCUT2D eigenvalue weighted by Gasteiger charge is 2.18. The molecule has 2 aromatic rings. The maximum absolute atomic E-state index is 12.1. The Balaban J connectivity index is 2.33. The Morgan fingerprint density at radius 2 is 2.16 bits per heavy atom. The normalized spacial score (nSPS) is 11.5. The number of sulfonamides is 1. The van der Waals surface area contributed by atoms with Gasteiger partial charge in [-0.3, -0.25) is 4.72 Å². The molecular formula is C12H15N3O3S. The molecule has 0 amide bonds. The van der Waals surface area contributed by atoms with E-state index in [1.165, 1.54) is 12.3 Å². The van der Waals surface area contributed by atoms with E-state index in [0.717, 1.165) is 5.56 Å². The van der Waals surface area contributed by atoms with Gasteiger partial charge in [0.25, 0.3) is 10.0 Å². The standard InChI is InChI=1S/C12H15N3O3S/c1-3-11-13-7-12(14-11)19(17,18)15-9-6-8(2)4-5-10(9)16/h4-7,15-16H,3H2,1-2H3,(H,13,14). The average Bonchev–Trinajstić information content (AvgIpc) is 2.83. The van der Waals surface area contributed by atoms with Crippen LogP contribution in [0.3, 0.4) is 0 Å². The Hall–Kier alpha value is -2.02. The lowest BCUT2D eigenvalue weighted by Gasteiger charge is -2.08. The fraction of sp³-hybridized carbons (Fsp3) is 0.250. The molecule has 0 aliphatic rings. The van der Waals surface area contributed by atoms with Crippen molar-refractivity contribution in [1.29, 1.82) is 0 Å². The first-order valence-corrected chi connectivity index (χ1v) is 7.27. The summed E-state index contributed by atoms with van der Waals surface area (Å²) < 4.78 is 26.5. The van der Waals surface area contributed by atoms with E-state index in [1.54, 1.807) is 12.1 Å². The quantitative estimate of drug-likeness (QED) is 0.744. The maximum Gasteiger partial charge on any atom is 0.279 e. The Kier molecular flexibility index (Phi) is 3.48. The van der Waals surface area contributed by atoms with Gasteiger partial charge in [0.1, 0.15) is 11.6 Å². The number of imidazole rings is 1. The number of hydrogen-bond acceptors (Lipinski definition) is 4. The highest BCUT2D eigenvalue weighted by molar-refractivity contribution is 7.92. The van der Waals surface area contributed by atoms with Crippen LogP contribution >= 0.6 is 0 Å². The molecule has 1 aromatic heterocycles. The predicted molar refractivity (Wildman–Crippen MR) is 71.6 cm³/mol. The highest BCUT2D eigenvalue weighted by Crippen LogP contribution is 2.26. The number of aromatic nitrogens is 2. The minimum Gasteiger partial charge on any atom is -0.506 e. The second-order valence-electron chi connectivity index (χ2n) is 4.17. The second kappa shape index (κ2) is 4.93. The molecule has 19 heavy (non-hydrogen) atoms. The molecule has 1 heterocycles. The third kappa shape index (κ3) is 2.87. The summed E-state index contributed by atoms with van der Waals surface area (Å²) in [7, 11) is -3.77. The van der Waals surface area contributed by atoms with Gasteiger partial charge in [-0.1, -0.05) is 13.0 Å². The van der Waals surface area contributed by atoms with E-state index in [1.807, 2.05) is 13.8 Å². The van der Waals surface area contributed by atoms with Crippen LogP contribution in [0.15, 0.2) is 29.4 Å².